The number of imidazole rings is 1. The monoisotopic (exact) mass is 351 g/mol. The molecular formula is C23H17N3O. The Morgan fingerprint density at radius 2 is 1.89 bits per heavy atom. The fourth-order valence-electron chi connectivity index (χ4n) is 3.89. The number of hydrogen-bond donors (Lipinski definition) is 0. The Morgan fingerprint density at radius 3 is 2.67 bits per heavy atom. The summed E-state index contributed by atoms with van der Waals surface area (Å²) in [7, 11) is 0. The van der Waals surface area contributed by atoms with E-state index in [9.17, 15) is 0 Å². The molecule has 3 aromatic carbocycles. The lowest BCUT2D eigenvalue weighted by Crippen LogP contribution is -2.23. The minimum atomic E-state index is -0.0801. The fourth-order valence-corrected chi connectivity index (χ4v) is 3.89. The predicted octanol–water partition coefficient (Wildman–Crippen LogP) is 5.02. The van der Waals surface area contributed by atoms with Crippen molar-refractivity contribution < 1.29 is 4.74 Å². The number of aromatic nitrogens is 2. The van der Waals surface area contributed by atoms with Gasteiger partial charge in [-0.15, -0.1) is 0 Å². The van der Waals surface area contributed by atoms with Crippen LogP contribution in [0.4, 0.5) is 0 Å². The van der Waals surface area contributed by atoms with Crippen molar-refractivity contribution in [3.63, 3.8) is 0 Å². The van der Waals surface area contributed by atoms with Gasteiger partial charge in [-0.2, -0.15) is 5.26 Å². The van der Waals surface area contributed by atoms with E-state index in [1.54, 1.807) is 0 Å². The van der Waals surface area contributed by atoms with E-state index < -0.39 is 0 Å². The van der Waals surface area contributed by atoms with Gasteiger partial charge in [-0.05, 0) is 23.1 Å². The Morgan fingerprint density at radius 1 is 1.04 bits per heavy atom. The highest BCUT2D eigenvalue weighted by Crippen LogP contribution is 2.46. The second-order valence-corrected chi connectivity index (χ2v) is 6.81. The van der Waals surface area contributed by atoms with Crippen molar-refractivity contribution in [2.24, 2.45) is 0 Å². The first kappa shape index (κ1) is 15.7. The van der Waals surface area contributed by atoms with E-state index in [1.165, 1.54) is 10.9 Å². The Labute approximate surface area is 157 Å². The van der Waals surface area contributed by atoms with Gasteiger partial charge in [0.15, 0.2) is 0 Å². The number of fused-ring (bicyclic) bond motifs is 3. The van der Waals surface area contributed by atoms with E-state index in [1.807, 2.05) is 55.1 Å². The van der Waals surface area contributed by atoms with E-state index in [0.29, 0.717) is 5.56 Å². The van der Waals surface area contributed by atoms with Gasteiger partial charge in [0.2, 0.25) is 0 Å². The van der Waals surface area contributed by atoms with Gasteiger partial charge < -0.3 is 9.30 Å². The maximum Gasteiger partial charge on any atom is 0.133 e. The average molecular weight is 351 g/mol. The Kier molecular flexibility index (Phi) is 3.65. The summed E-state index contributed by atoms with van der Waals surface area (Å²) in [5.74, 6) is 0.937. The highest BCUT2D eigenvalue weighted by atomic mass is 16.5. The standard InChI is InChI=1S/C23H17N3O/c24-14-16-5-7-18(8-6-16)22-13-21(26-12-11-25-15-26)20-10-9-17-3-1-2-4-19(17)23(20)27-22/h1-12,15,21-22H,13H2. The number of nitriles is 1. The van der Waals surface area contributed by atoms with Crippen LogP contribution in [0.3, 0.4) is 0 Å². The summed E-state index contributed by atoms with van der Waals surface area (Å²) in [5, 5.41) is 11.4. The molecule has 2 unspecified atom stereocenters. The minimum Gasteiger partial charge on any atom is -0.485 e. The van der Waals surface area contributed by atoms with E-state index in [2.05, 4.69) is 39.9 Å². The van der Waals surface area contributed by atoms with Crippen molar-refractivity contribution in [3.8, 4) is 11.8 Å². The number of nitrogens with zero attached hydrogens (tertiary/aromatic N) is 3. The summed E-state index contributed by atoms with van der Waals surface area (Å²) in [4.78, 5) is 4.24. The molecule has 0 spiro atoms. The molecule has 0 saturated heterocycles. The Hall–Kier alpha value is -3.58. The lowest BCUT2D eigenvalue weighted by atomic mass is 9.90. The van der Waals surface area contributed by atoms with Gasteiger partial charge in [-0.3, -0.25) is 0 Å². The summed E-state index contributed by atoms with van der Waals surface area (Å²) < 4.78 is 8.66. The molecular weight excluding hydrogens is 334 g/mol. The van der Waals surface area contributed by atoms with Gasteiger partial charge in [-0.1, -0.05) is 48.5 Å². The van der Waals surface area contributed by atoms with Crippen molar-refractivity contribution >= 4 is 10.8 Å². The van der Waals surface area contributed by atoms with Crippen LogP contribution in [-0.4, -0.2) is 9.55 Å². The van der Waals surface area contributed by atoms with Crippen LogP contribution in [-0.2, 0) is 0 Å². The summed E-state index contributed by atoms with van der Waals surface area (Å²) in [5.41, 5.74) is 2.92. The Bertz CT molecular complexity index is 1140. The van der Waals surface area contributed by atoms with Gasteiger partial charge in [0, 0.05) is 29.8 Å². The maximum atomic E-state index is 9.06. The summed E-state index contributed by atoms with van der Waals surface area (Å²) in [6, 6.07) is 22.6. The molecule has 1 aromatic heterocycles. The molecule has 0 aliphatic carbocycles. The first-order chi connectivity index (χ1) is 13.3. The summed E-state index contributed by atoms with van der Waals surface area (Å²) >= 11 is 0. The van der Waals surface area contributed by atoms with E-state index in [4.69, 9.17) is 10.00 Å². The number of benzene rings is 3. The molecule has 1 aliphatic rings. The molecule has 0 fully saturated rings. The third-order valence-electron chi connectivity index (χ3n) is 5.26. The molecule has 4 heteroatoms. The molecule has 130 valence electrons. The average Bonchev–Trinajstić information content (AvgIpc) is 3.27. The zero-order chi connectivity index (χ0) is 18.2. The molecule has 27 heavy (non-hydrogen) atoms. The van der Waals surface area contributed by atoms with E-state index in [0.717, 1.165) is 23.1 Å². The van der Waals surface area contributed by atoms with Crippen LogP contribution in [0.2, 0.25) is 0 Å². The van der Waals surface area contributed by atoms with Crippen LogP contribution in [0.25, 0.3) is 10.8 Å². The van der Waals surface area contributed by atoms with Crippen molar-refractivity contribution in [2.75, 3.05) is 0 Å². The highest BCUT2D eigenvalue weighted by molar-refractivity contribution is 5.90. The van der Waals surface area contributed by atoms with E-state index in [-0.39, 0.29) is 12.1 Å². The summed E-state index contributed by atoms with van der Waals surface area (Å²) in [6.45, 7) is 0. The normalized spacial score (nSPS) is 18.5. The molecule has 0 amide bonds. The fraction of sp³-hybridized carbons (Fsp3) is 0.130. The second-order valence-electron chi connectivity index (χ2n) is 6.81. The molecule has 2 heterocycles. The molecule has 0 radical (unpaired) electrons. The number of rotatable bonds is 2. The molecule has 0 saturated carbocycles. The maximum absolute atomic E-state index is 9.06. The van der Waals surface area contributed by atoms with Crippen LogP contribution in [0.15, 0.2) is 79.4 Å². The minimum absolute atomic E-state index is 0.0801. The van der Waals surface area contributed by atoms with E-state index >= 15 is 0 Å². The van der Waals surface area contributed by atoms with Crippen LogP contribution in [0.5, 0.6) is 5.75 Å². The number of hydrogen-bond acceptors (Lipinski definition) is 3. The molecule has 2 atom stereocenters. The van der Waals surface area contributed by atoms with Crippen molar-refractivity contribution in [3.05, 3.63) is 96.1 Å². The third-order valence-corrected chi connectivity index (χ3v) is 5.26. The van der Waals surface area contributed by atoms with Crippen molar-refractivity contribution in [1.82, 2.24) is 9.55 Å². The highest BCUT2D eigenvalue weighted by Gasteiger charge is 2.31. The van der Waals surface area contributed by atoms with Crippen LogP contribution in [0.1, 0.15) is 35.3 Å². The second kappa shape index (κ2) is 6.30. The van der Waals surface area contributed by atoms with Crippen LogP contribution >= 0.6 is 0 Å². The molecule has 0 N–H and O–H groups in total. The first-order valence-electron chi connectivity index (χ1n) is 8.99. The van der Waals surface area contributed by atoms with Crippen LogP contribution in [0, 0.1) is 11.3 Å². The van der Waals surface area contributed by atoms with Gasteiger partial charge >= 0.3 is 0 Å². The third kappa shape index (κ3) is 2.65. The summed E-state index contributed by atoms with van der Waals surface area (Å²) in [6.07, 6.45) is 6.42. The lowest BCUT2D eigenvalue weighted by Gasteiger charge is -2.34. The van der Waals surface area contributed by atoms with Gasteiger partial charge in [0.25, 0.3) is 0 Å². The number of ether oxygens (including phenoxy) is 1. The van der Waals surface area contributed by atoms with Crippen molar-refractivity contribution in [2.45, 2.75) is 18.6 Å². The van der Waals surface area contributed by atoms with Gasteiger partial charge in [0.1, 0.15) is 11.9 Å². The lowest BCUT2D eigenvalue weighted by molar-refractivity contribution is 0.156. The zero-order valence-corrected chi connectivity index (χ0v) is 14.6. The zero-order valence-electron chi connectivity index (χ0n) is 14.6. The quantitative estimate of drug-likeness (QED) is 0.509. The smallest absolute Gasteiger partial charge is 0.133 e. The molecule has 1 aliphatic heterocycles. The first-order valence-corrected chi connectivity index (χ1v) is 8.99. The topological polar surface area (TPSA) is 50.8 Å². The van der Waals surface area contributed by atoms with Gasteiger partial charge in [0.05, 0.1) is 24.0 Å². The molecule has 0 bridgehead atoms. The molecule has 4 nitrogen and oxygen atoms in total. The molecule has 5 rings (SSSR count). The Balaban J connectivity index is 1.66. The van der Waals surface area contributed by atoms with Crippen LogP contribution < -0.4 is 4.74 Å². The predicted molar refractivity (Wildman–Crippen MR) is 103 cm³/mol. The van der Waals surface area contributed by atoms with Gasteiger partial charge in [-0.25, -0.2) is 4.98 Å². The van der Waals surface area contributed by atoms with Crippen molar-refractivity contribution in [1.29, 1.82) is 5.26 Å². The molecule has 4 aromatic rings. The SMILES string of the molecule is N#Cc1ccc(C2CC(n3ccnc3)c3ccc4ccccc4c3O2)cc1. The largest absolute Gasteiger partial charge is 0.485 e.